The van der Waals surface area contributed by atoms with E-state index in [-0.39, 0.29) is 24.8 Å². The molecule has 0 bridgehead atoms. The maximum Gasteiger partial charge on any atom is 0.416 e. The standard InChI is InChI=1S/C28H37F3N4O3S/c1-4-9-21(3)34-16-14-26(15-17-34)35(27(36)33-25-13-8-12-24(18-25)28(29,30)31)20-23-11-7-6-10-22(23)19-32-39(37,38)5-2/h5-8,10-13,18,21,26,32H,2,4,9,14-17,19-20H2,1,3H3,(H,33,36). The number of alkyl halides is 3. The van der Waals surface area contributed by atoms with Crippen molar-refractivity contribution in [1.29, 1.82) is 0 Å². The van der Waals surface area contributed by atoms with Crippen LogP contribution in [0.5, 0.6) is 0 Å². The Morgan fingerprint density at radius 3 is 2.44 bits per heavy atom. The number of hydrogen-bond donors (Lipinski definition) is 2. The van der Waals surface area contributed by atoms with Crippen molar-refractivity contribution in [2.75, 3.05) is 18.4 Å². The van der Waals surface area contributed by atoms with Crippen LogP contribution >= 0.6 is 0 Å². The quantitative estimate of drug-likeness (QED) is 0.352. The maximum atomic E-state index is 13.6. The molecule has 1 aliphatic heterocycles. The first kappa shape index (κ1) is 30.6. The minimum atomic E-state index is -4.53. The van der Waals surface area contributed by atoms with Crippen LogP contribution in [0.3, 0.4) is 0 Å². The van der Waals surface area contributed by atoms with Gasteiger partial charge in [0, 0.05) is 49.4 Å². The molecule has 2 amide bonds. The summed E-state index contributed by atoms with van der Waals surface area (Å²) in [6, 6.07) is 11.5. The summed E-state index contributed by atoms with van der Waals surface area (Å²) in [6.45, 7) is 9.45. The Kier molecular flexibility index (Phi) is 10.6. The predicted molar refractivity (Wildman–Crippen MR) is 147 cm³/mol. The van der Waals surface area contributed by atoms with Gasteiger partial charge in [0.05, 0.1) is 5.56 Å². The molecule has 2 aromatic rings. The van der Waals surface area contributed by atoms with Gasteiger partial charge in [-0.1, -0.05) is 50.3 Å². The largest absolute Gasteiger partial charge is 0.416 e. The van der Waals surface area contributed by atoms with E-state index < -0.39 is 27.8 Å². The van der Waals surface area contributed by atoms with E-state index in [1.165, 1.54) is 12.1 Å². The number of hydrogen-bond acceptors (Lipinski definition) is 4. The fourth-order valence-electron chi connectivity index (χ4n) is 4.88. The van der Waals surface area contributed by atoms with Crippen molar-refractivity contribution in [3.8, 4) is 0 Å². The Hall–Kier alpha value is -2.89. The molecule has 1 unspecified atom stereocenters. The van der Waals surface area contributed by atoms with Gasteiger partial charge in [-0.15, -0.1) is 0 Å². The molecule has 214 valence electrons. The molecule has 0 aromatic heterocycles. The molecular formula is C28H37F3N4O3S. The number of rotatable bonds is 11. The van der Waals surface area contributed by atoms with Gasteiger partial charge in [-0.3, -0.25) is 0 Å². The Bertz CT molecular complexity index is 1230. The van der Waals surface area contributed by atoms with Crippen molar-refractivity contribution >= 4 is 21.7 Å². The molecule has 1 atom stereocenters. The smallest absolute Gasteiger partial charge is 0.317 e. The number of piperidine rings is 1. The highest BCUT2D eigenvalue weighted by atomic mass is 32.2. The third-order valence-electron chi connectivity index (χ3n) is 7.11. The molecule has 0 aliphatic carbocycles. The van der Waals surface area contributed by atoms with Gasteiger partial charge >= 0.3 is 12.2 Å². The third kappa shape index (κ3) is 8.81. The van der Waals surface area contributed by atoms with Crippen molar-refractivity contribution in [2.24, 2.45) is 0 Å². The monoisotopic (exact) mass is 566 g/mol. The molecule has 1 heterocycles. The lowest BCUT2D eigenvalue weighted by Crippen LogP contribution is -2.50. The van der Waals surface area contributed by atoms with Crippen LogP contribution in [0.4, 0.5) is 23.7 Å². The maximum absolute atomic E-state index is 13.6. The van der Waals surface area contributed by atoms with Crippen LogP contribution in [0.15, 0.2) is 60.5 Å². The summed E-state index contributed by atoms with van der Waals surface area (Å²) in [5.74, 6) is 0. The Labute approximate surface area is 229 Å². The fraction of sp³-hybridized carbons (Fsp3) is 0.464. The summed E-state index contributed by atoms with van der Waals surface area (Å²) in [5.41, 5.74) is 0.643. The van der Waals surface area contributed by atoms with Crippen LogP contribution < -0.4 is 10.0 Å². The van der Waals surface area contributed by atoms with E-state index in [1.54, 1.807) is 23.1 Å². The van der Waals surface area contributed by atoms with E-state index in [4.69, 9.17) is 0 Å². The van der Waals surface area contributed by atoms with E-state index in [9.17, 15) is 26.4 Å². The fourth-order valence-corrected chi connectivity index (χ4v) is 5.35. The van der Waals surface area contributed by atoms with Crippen LogP contribution in [0.25, 0.3) is 0 Å². The molecule has 0 saturated carbocycles. The second-order valence-electron chi connectivity index (χ2n) is 9.84. The molecule has 1 fully saturated rings. The minimum absolute atomic E-state index is 0.0145. The second kappa shape index (κ2) is 13.5. The Balaban J connectivity index is 1.85. The number of likely N-dealkylation sites (tertiary alicyclic amines) is 1. The number of nitrogens with one attached hydrogen (secondary N) is 2. The molecule has 3 rings (SSSR count). The first-order chi connectivity index (χ1) is 18.4. The average Bonchev–Trinajstić information content (AvgIpc) is 2.91. The number of amides is 2. The predicted octanol–water partition coefficient (Wildman–Crippen LogP) is 5.96. The molecule has 39 heavy (non-hydrogen) atoms. The van der Waals surface area contributed by atoms with Crippen LogP contribution in [0.1, 0.15) is 56.2 Å². The van der Waals surface area contributed by atoms with Crippen molar-refractivity contribution in [1.82, 2.24) is 14.5 Å². The summed E-state index contributed by atoms with van der Waals surface area (Å²) in [4.78, 5) is 17.6. The molecule has 7 nitrogen and oxygen atoms in total. The van der Waals surface area contributed by atoms with Gasteiger partial charge in [0.1, 0.15) is 0 Å². The highest BCUT2D eigenvalue weighted by Crippen LogP contribution is 2.31. The lowest BCUT2D eigenvalue weighted by molar-refractivity contribution is -0.137. The van der Waals surface area contributed by atoms with Gasteiger partial charge < -0.3 is 15.1 Å². The number of sulfonamides is 1. The van der Waals surface area contributed by atoms with Crippen LogP contribution in [0.2, 0.25) is 0 Å². The highest BCUT2D eigenvalue weighted by molar-refractivity contribution is 7.92. The lowest BCUT2D eigenvalue weighted by atomic mass is 9.99. The first-order valence-corrected chi connectivity index (χ1v) is 14.7. The molecule has 0 radical (unpaired) electrons. The topological polar surface area (TPSA) is 81.8 Å². The minimum Gasteiger partial charge on any atom is -0.317 e. The molecule has 11 heteroatoms. The van der Waals surface area contributed by atoms with Gasteiger partial charge in [-0.2, -0.15) is 13.2 Å². The normalized spacial score (nSPS) is 16.0. The van der Waals surface area contributed by atoms with Gasteiger partial charge in [-0.25, -0.2) is 17.9 Å². The summed E-state index contributed by atoms with van der Waals surface area (Å²) in [6.07, 6.45) is -0.928. The van der Waals surface area contributed by atoms with Crippen molar-refractivity contribution < 1.29 is 26.4 Å². The number of urea groups is 1. The number of nitrogens with zero attached hydrogens (tertiary/aromatic N) is 2. The van der Waals surface area contributed by atoms with E-state index in [0.717, 1.165) is 61.9 Å². The second-order valence-corrected chi connectivity index (χ2v) is 11.6. The summed E-state index contributed by atoms with van der Waals surface area (Å²) >= 11 is 0. The van der Waals surface area contributed by atoms with E-state index in [2.05, 4.69) is 35.4 Å². The van der Waals surface area contributed by atoms with Crippen molar-refractivity contribution in [3.05, 3.63) is 77.2 Å². The molecule has 1 saturated heterocycles. The van der Waals surface area contributed by atoms with Gasteiger partial charge in [0.2, 0.25) is 10.0 Å². The molecule has 0 spiro atoms. The molecule has 1 aliphatic rings. The molecule has 2 aromatic carbocycles. The highest BCUT2D eigenvalue weighted by Gasteiger charge is 2.32. The van der Waals surface area contributed by atoms with Crippen LogP contribution in [-0.2, 0) is 29.3 Å². The van der Waals surface area contributed by atoms with E-state index >= 15 is 0 Å². The van der Waals surface area contributed by atoms with Gasteiger partial charge in [0.25, 0.3) is 0 Å². The van der Waals surface area contributed by atoms with E-state index in [0.29, 0.717) is 11.6 Å². The van der Waals surface area contributed by atoms with E-state index in [1.807, 2.05) is 6.07 Å². The Morgan fingerprint density at radius 2 is 1.82 bits per heavy atom. The van der Waals surface area contributed by atoms with Crippen LogP contribution in [0, 0.1) is 0 Å². The summed E-state index contributed by atoms with van der Waals surface area (Å²) < 4.78 is 66.0. The van der Waals surface area contributed by atoms with Gasteiger partial charge in [-0.05, 0) is 55.5 Å². The number of carbonyl (C=O) groups excluding carboxylic acids is 1. The Morgan fingerprint density at radius 1 is 1.15 bits per heavy atom. The molecule has 2 N–H and O–H groups in total. The summed E-state index contributed by atoms with van der Waals surface area (Å²) in [7, 11) is -3.65. The number of halogens is 3. The lowest BCUT2D eigenvalue weighted by Gasteiger charge is -2.41. The van der Waals surface area contributed by atoms with Crippen molar-refractivity contribution in [3.63, 3.8) is 0 Å². The zero-order valence-corrected chi connectivity index (χ0v) is 23.2. The van der Waals surface area contributed by atoms with Crippen molar-refractivity contribution in [2.45, 2.75) is 70.9 Å². The first-order valence-electron chi connectivity index (χ1n) is 13.1. The zero-order valence-electron chi connectivity index (χ0n) is 22.4. The zero-order chi connectivity index (χ0) is 28.6. The summed E-state index contributed by atoms with van der Waals surface area (Å²) in [5, 5.41) is 3.49. The number of anilines is 1. The average molecular weight is 567 g/mol. The molecular weight excluding hydrogens is 529 g/mol. The number of carbonyl (C=O) groups is 1. The third-order valence-corrected chi connectivity index (χ3v) is 8.10. The van der Waals surface area contributed by atoms with Crippen LogP contribution in [-0.4, -0.2) is 49.4 Å². The number of benzene rings is 2. The van der Waals surface area contributed by atoms with Gasteiger partial charge in [0.15, 0.2) is 0 Å². The SMILES string of the molecule is C=CS(=O)(=O)NCc1ccccc1CN(C(=O)Nc1cccc(C(F)(F)F)c1)C1CCN(C(C)CCC)CC1.